The van der Waals surface area contributed by atoms with Gasteiger partial charge in [0.25, 0.3) is 0 Å². The summed E-state index contributed by atoms with van der Waals surface area (Å²) in [6.45, 7) is 0.698. The largest absolute Gasteiger partial charge is 0.496 e. The van der Waals surface area contributed by atoms with E-state index in [1.54, 1.807) is 7.11 Å². The van der Waals surface area contributed by atoms with Crippen LogP contribution in [-0.4, -0.2) is 35.2 Å². The number of benzene rings is 1. The summed E-state index contributed by atoms with van der Waals surface area (Å²) in [6.07, 6.45) is 2.16. The molecule has 21 heavy (non-hydrogen) atoms. The van der Waals surface area contributed by atoms with Gasteiger partial charge in [-0.05, 0) is 18.2 Å². The number of methoxy groups -OCH3 is 1. The van der Waals surface area contributed by atoms with Crippen molar-refractivity contribution in [3.05, 3.63) is 30.5 Å². The third kappa shape index (κ3) is 3.75. The van der Waals surface area contributed by atoms with Crippen molar-refractivity contribution in [1.82, 2.24) is 9.88 Å². The second-order valence-corrected chi connectivity index (χ2v) is 4.65. The van der Waals surface area contributed by atoms with Crippen LogP contribution in [0.5, 0.6) is 5.75 Å². The van der Waals surface area contributed by atoms with Crippen molar-refractivity contribution in [3.63, 3.8) is 0 Å². The predicted octanol–water partition coefficient (Wildman–Crippen LogP) is 1.63. The highest BCUT2D eigenvalue weighted by Crippen LogP contribution is 2.26. The zero-order chi connectivity index (χ0) is 15.2. The van der Waals surface area contributed by atoms with Gasteiger partial charge in [0.15, 0.2) is 0 Å². The van der Waals surface area contributed by atoms with Crippen molar-refractivity contribution in [2.24, 2.45) is 0 Å². The number of carbonyl (C=O) groups excluding carboxylic acids is 1. The minimum Gasteiger partial charge on any atom is -0.496 e. The first-order valence-electron chi connectivity index (χ1n) is 6.72. The van der Waals surface area contributed by atoms with Crippen molar-refractivity contribution in [2.75, 3.05) is 13.7 Å². The highest BCUT2D eigenvalue weighted by atomic mass is 16.5. The molecule has 0 spiro atoms. The number of fused-ring (bicyclic) bond motifs is 1. The molecule has 0 atom stereocenters. The number of aryl methyl sites for hydroxylation is 1. The van der Waals surface area contributed by atoms with E-state index in [2.05, 4.69) is 5.32 Å². The van der Waals surface area contributed by atoms with Gasteiger partial charge in [0.2, 0.25) is 5.91 Å². The van der Waals surface area contributed by atoms with Gasteiger partial charge < -0.3 is 19.7 Å². The van der Waals surface area contributed by atoms with E-state index < -0.39 is 5.97 Å². The maximum atomic E-state index is 11.6. The van der Waals surface area contributed by atoms with Crippen LogP contribution in [0.1, 0.15) is 12.8 Å². The number of nitrogens with one attached hydrogen (secondary N) is 1. The average molecular weight is 290 g/mol. The van der Waals surface area contributed by atoms with Gasteiger partial charge >= 0.3 is 5.97 Å². The molecule has 2 aromatic rings. The number of nitrogens with zero attached hydrogens (tertiary/aromatic N) is 1. The van der Waals surface area contributed by atoms with E-state index in [1.165, 1.54) is 0 Å². The van der Waals surface area contributed by atoms with Crippen molar-refractivity contribution in [1.29, 1.82) is 0 Å². The Morgan fingerprint density at radius 3 is 2.81 bits per heavy atom. The van der Waals surface area contributed by atoms with Crippen LogP contribution in [0, 0.1) is 0 Å². The maximum absolute atomic E-state index is 11.6. The Kier molecular flexibility index (Phi) is 4.81. The molecule has 0 aliphatic heterocycles. The number of rotatable bonds is 7. The van der Waals surface area contributed by atoms with Crippen LogP contribution in [0.3, 0.4) is 0 Å². The fourth-order valence-corrected chi connectivity index (χ4v) is 2.19. The lowest BCUT2D eigenvalue weighted by Gasteiger charge is -2.07. The number of amides is 1. The Morgan fingerprint density at radius 1 is 1.29 bits per heavy atom. The maximum Gasteiger partial charge on any atom is 0.305 e. The van der Waals surface area contributed by atoms with Crippen molar-refractivity contribution in [3.8, 4) is 5.75 Å². The molecule has 1 heterocycles. The van der Waals surface area contributed by atoms with Crippen LogP contribution in [0.2, 0.25) is 0 Å². The summed E-state index contributed by atoms with van der Waals surface area (Å²) < 4.78 is 7.27. The van der Waals surface area contributed by atoms with Crippen LogP contribution in [-0.2, 0) is 16.1 Å². The van der Waals surface area contributed by atoms with E-state index in [0.717, 1.165) is 16.7 Å². The van der Waals surface area contributed by atoms with Gasteiger partial charge in [-0.3, -0.25) is 9.59 Å². The van der Waals surface area contributed by atoms with Crippen molar-refractivity contribution >= 4 is 22.8 Å². The van der Waals surface area contributed by atoms with Crippen molar-refractivity contribution < 1.29 is 19.4 Å². The molecule has 0 unspecified atom stereocenters. The highest BCUT2D eigenvalue weighted by molar-refractivity contribution is 5.86. The topological polar surface area (TPSA) is 80.6 Å². The molecule has 1 aromatic carbocycles. The Balaban J connectivity index is 1.95. The lowest BCUT2D eigenvalue weighted by molar-refractivity contribution is -0.136. The van der Waals surface area contributed by atoms with E-state index in [0.29, 0.717) is 13.0 Å². The number of hydrogen-bond donors (Lipinski definition) is 2. The molecular weight excluding hydrogens is 272 g/mol. The summed E-state index contributed by atoms with van der Waals surface area (Å²) in [5, 5.41) is 12.1. The third-order valence-corrected chi connectivity index (χ3v) is 3.23. The molecule has 2 N–H and O–H groups in total. The fourth-order valence-electron chi connectivity index (χ4n) is 2.19. The standard InChI is InChI=1S/C15H18N2O4/c1-21-13-4-2-3-12-11(13)6-9-17(12)10-7-14(18)16-8-5-15(19)20/h2-4,6,9H,5,7-8,10H2,1H3,(H,16,18)(H,19,20). The van der Waals surface area contributed by atoms with Gasteiger partial charge in [0, 0.05) is 31.1 Å². The zero-order valence-electron chi connectivity index (χ0n) is 11.8. The van der Waals surface area contributed by atoms with Crippen LogP contribution in [0.25, 0.3) is 10.9 Å². The number of carboxylic acid groups (broad SMARTS) is 1. The number of carbonyl (C=O) groups is 2. The smallest absolute Gasteiger partial charge is 0.305 e. The Hall–Kier alpha value is -2.50. The molecule has 0 fully saturated rings. The van der Waals surface area contributed by atoms with Gasteiger partial charge in [-0.1, -0.05) is 6.07 Å². The van der Waals surface area contributed by atoms with Gasteiger partial charge in [-0.25, -0.2) is 0 Å². The fraction of sp³-hybridized carbons (Fsp3) is 0.333. The molecule has 0 aliphatic rings. The summed E-state index contributed by atoms with van der Waals surface area (Å²) >= 11 is 0. The number of aliphatic carboxylic acids is 1. The van der Waals surface area contributed by atoms with Gasteiger partial charge in [0.1, 0.15) is 5.75 Å². The summed E-state index contributed by atoms with van der Waals surface area (Å²) in [4.78, 5) is 22.0. The minimum absolute atomic E-state index is 0.0601. The monoisotopic (exact) mass is 290 g/mol. The van der Waals surface area contributed by atoms with E-state index in [1.807, 2.05) is 35.0 Å². The Bertz CT molecular complexity index is 648. The molecular formula is C15H18N2O4. The molecule has 112 valence electrons. The van der Waals surface area contributed by atoms with E-state index in [4.69, 9.17) is 9.84 Å². The van der Waals surface area contributed by atoms with Crippen LogP contribution < -0.4 is 10.1 Å². The van der Waals surface area contributed by atoms with E-state index >= 15 is 0 Å². The molecule has 0 saturated heterocycles. The molecule has 1 aromatic heterocycles. The Morgan fingerprint density at radius 2 is 2.10 bits per heavy atom. The molecule has 0 radical (unpaired) electrons. The summed E-state index contributed by atoms with van der Waals surface area (Å²) in [5.74, 6) is -0.267. The summed E-state index contributed by atoms with van der Waals surface area (Å²) in [7, 11) is 1.63. The highest BCUT2D eigenvalue weighted by Gasteiger charge is 2.08. The second-order valence-electron chi connectivity index (χ2n) is 4.65. The molecule has 6 nitrogen and oxygen atoms in total. The second kappa shape index (κ2) is 6.78. The van der Waals surface area contributed by atoms with Gasteiger partial charge in [-0.15, -0.1) is 0 Å². The van der Waals surface area contributed by atoms with Crippen LogP contribution in [0.4, 0.5) is 0 Å². The van der Waals surface area contributed by atoms with E-state index in [9.17, 15) is 9.59 Å². The van der Waals surface area contributed by atoms with Crippen molar-refractivity contribution in [2.45, 2.75) is 19.4 Å². The number of ether oxygens (including phenoxy) is 1. The third-order valence-electron chi connectivity index (χ3n) is 3.23. The number of hydrogen-bond acceptors (Lipinski definition) is 3. The molecule has 0 saturated carbocycles. The normalized spacial score (nSPS) is 10.5. The average Bonchev–Trinajstić information content (AvgIpc) is 2.87. The summed E-state index contributed by atoms with van der Waals surface area (Å²) in [5.41, 5.74) is 1.01. The van der Waals surface area contributed by atoms with Crippen LogP contribution in [0.15, 0.2) is 30.5 Å². The van der Waals surface area contributed by atoms with Crippen LogP contribution >= 0.6 is 0 Å². The minimum atomic E-state index is -0.918. The first-order valence-corrected chi connectivity index (χ1v) is 6.72. The number of carboxylic acids is 1. The van der Waals surface area contributed by atoms with Gasteiger partial charge in [-0.2, -0.15) is 0 Å². The molecule has 2 rings (SSSR count). The SMILES string of the molecule is COc1cccc2c1ccn2CCC(=O)NCCC(=O)O. The molecule has 6 heteroatoms. The first kappa shape index (κ1) is 14.9. The summed E-state index contributed by atoms with van der Waals surface area (Å²) in [6, 6.07) is 7.73. The quantitative estimate of drug-likeness (QED) is 0.812. The predicted molar refractivity (Wildman–Crippen MR) is 78.4 cm³/mol. The number of aromatic nitrogens is 1. The Labute approximate surface area is 122 Å². The molecule has 0 aliphatic carbocycles. The zero-order valence-corrected chi connectivity index (χ0v) is 11.8. The molecule has 0 bridgehead atoms. The molecule has 1 amide bonds. The lowest BCUT2D eigenvalue weighted by Crippen LogP contribution is -2.26. The lowest BCUT2D eigenvalue weighted by atomic mass is 10.2. The van der Waals surface area contributed by atoms with Gasteiger partial charge in [0.05, 0.1) is 19.0 Å². The first-order chi connectivity index (χ1) is 10.1. The van der Waals surface area contributed by atoms with E-state index in [-0.39, 0.29) is 18.9 Å².